The van der Waals surface area contributed by atoms with Gasteiger partial charge in [0, 0.05) is 13.6 Å². The number of amides is 2. The fourth-order valence-corrected chi connectivity index (χ4v) is 2.24. The van der Waals surface area contributed by atoms with Crippen LogP contribution in [0.4, 0.5) is 0 Å². The number of likely N-dealkylation sites (N-methyl/N-ethyl adjacent to an activating group) is 1. The monoisotopic (exact) mass is 312 g/mol. The minimum absolute atomic E-state index is 0.163. The van der Waals surface area contributed by atoms with Gasteiger partial charge in [-0.2, -0.15) is 0 Å². The second-order valence-electron chi connectivity index (χ2n) is 4.21. The maximum atomic E-state index is 11.7. The van der Waals surface area contributed by atoms with Crippen molar-refractivity contribution in [2.24, 2.45) is 0 Å². The molecule has 2 amide bonds. The number of nitrogens with zero attached hydrogens (tertiary/aromatic N) is 1. The van der Waals surface area contributed by atoms with Gasteiger partial charge < -0.3 is 10.4 Å². The van der Waals surface area contributed by atoms with Crippen LogP contribution in [0.25, 0.3) is 0 Å². The molecule has 6 heteroatoms. The standard InChI is InChI=1S/C12H13BrN2O3/c1-15-11(17)5-9(12(15)18)14-6-7-2-3-10(16)8(13)4-7/h2-4,9,14,16H,5-6H2,1H3. The van der Waals surface area contributed by atoms with Crippen LogP contribution in [0.2, 0.25) is 0 Å². The van der Waals surface area contributed by atoms with Gasteiger partial charge in [-0.15, -0.1) is 0 Å². The van der Waals surface area contributed by atoms with Crippen LogP contribution in [-0.2, 0) is 16.1 Å². The Labute approximate surface area is 113 Å². The summed E-state index contributed by atoms with van der Waals surface area (Å²) in [5.74, 6) is -0.187. The van der Waals surface area contributed by atoms with Crippen LogP contribution in [-0.4, -0.2) is 34.9 Å². The van der Waals surface area contributed by atoms with Crippen LogP contribution in [0.1, 0.15) is 12.0 Å². The second kappa shape index (κ2) is 5.07. The average Bonchev–Trinajstić information content (AvgIpc) is 2.58. The van der Waals surface area contributed by atoms with Crippen molar-refractivity contribution in [1.82, 2.24) is 10.2 Å². The number of carbonyl (C=O) groups excluding carboxylic acids is 2. The van der Waals surface area contributed by atoms with Gasteiger partial charge in [0.25, 0.3) is 0 Å². The van der Waals surface area contributed by atoms with Crippen molar-refractivity contribution in [3.63, 3.8) is 0 Å². The molecule has 0 saturated carbocycles. The number of nitrogens with one attached hydrogen (secondary N) is 1. The molecule has 1 aromatic rings. The summed E-state index contributed by atoms with van der Waals surface area (Å²) in [5.41, 5.74) is 0.925. The van der Waals surface area contributed by atoms with E-state index in [9.17, 15) is 14.7 Å². The first-order valence-corrected chi connectivity index (χ1v) is 6.29. The van der Waals surface area contributed by atoms with Crippen LogP contribution in [0.5, 0.6) is 5.75 Å². The van der Waals surface area contributed by atoms with E-state index >= 15 is 0 Å². The molecule has 1 atom stereocenters. The molecule has 0 radical (unpaired) electrons. The number of hydrogen-bond acceptors (Lipinski definition) is 4. The lowest BCUT2D eigenvalue weighted by Crippen LogP contribution is -2.36. The maximum Gasteiger partial charge on any atom is 0.246 e. The van der Waals surface area contributed by atoms with E-state index < -0.39 is 6.04 Å². The highest BCUT2D eigenvalue weighted by Crippen LogP contribution is 2.24. The second-order valence-corrected chi connectivity index (χ2v) is 5.07. The Hall–Kier alpha value is -1.40. The number of likely N-dealkylation sites (tertiary alicyclic amines) is 1. The van der Waals surface area contributed by atoms with Gasteiger partial charge in [-0.1, -0.05) is 6.07 Å². The fourth-order valence-electron chi connectivity index (χ4n) is 1.82. The smallest absolute Gasteiger partial charge is 0.246 e. The summed E-state index contributed by atoms with van der Waals surface area (Å²) >= 11 is 3.22. The predicted octanol–water partition coefficient (Wildman–Crippen LogP) is 1.00. The Kier molecular flexibility index (Phi) is 3.68. The van der Waals surface area contributed by atoms with Crippen molar-refractivity contribution in [3.05, 3.63) is 28.2 Å². The lowest BCUT2D eigenvalue weighted by atomic mass is 10.2. The molecule has 96 valence electrons. The molecule has 2 rings (SSSR count). The Bertz CT molecular complexity index is 504. The molecule has 0 bridgehead atoms. The van der Waals surface area contributed by atoms with Crippen LogP contribution < -0.4 is 5.32 Å². The summed E-state index contributed by atoms with van der Waals surface area (Å²) < 4.78 is 0.604. The van der Waals surface area contributed by atoms with Gasteiger partial charge in [0.1, 0.15) is 5.75 Å². The van der Waals surface area contributed by atoms with Gasteiger partial charge in [0.2, 0.25) is 11.8 Å². The van der Waals surface area contributed by atoms with E-state index in [2.05, 4.69) is 21.2 Å². The van der Waals surface area contributed by atoms with Crippen molar-refractivity contribution in [3.8, 4) is 5.75 Å². The number of rotatable bonds is 3. The summed E-state index contributed by atoms with van der Waals surface area (Å²) in [7, 11) is 1.49. The number of halogens is 1. The highest BCUT2D eigenvalue weighted by molar-refractivity contribution is 9.10. The van der Waals surface area contributed by atoms with Gasteiger partial charge in [-0.05, 0) is 33.6 Å². The molecular weight excluding hydrogens is 300 g/mol. The lowest BCUT2D eigenvalue weighted by molar-refractivity contribution is -0.137. The van der Waals surface area contributed by atoms with Crippen LogP contribution >= 0.6 is 15.9 Å². The van der Waals surface area contributed by atoms with Crippen molar-refractivity contribution in [2.75, 3.05) is 7.05 Å². The van der Waals surface area contributed by atoms with E-state index in [1.165, 1.54) is 7.05 Å². The number of phenolic OH excluding ortho intramolecular Hbond substituents is 1. The molecule has 18 heavy (non-hydrogen) atoms. The third-order valence-electron chi connectivity index (χ3n) is 2.95. The molecular formula is C12H13BrN2O3. The van der Waals surface area contributed by atoms with Gasteiger partial charge in [0.15, 0.2) is 0 Å². The van der Waals surface area contributed by atoms with Crippen molar-refractivity contribution >= 4 is 27.7 Å². The SMILES string of the molecule is CN1C(=O)CC(NCc2ccc(O)c(Br)c2)C1=O. The molecule has 1 fully saturated rings. The minimum Gasteiger partial charge on any atom is -0.507 e. The molecule has 0 aliphatic carbocycles. The zero-order valence-corrected chi connectivity index (χ0v) is 11.4. The van der Waals surface area contributed by atoms with E-state index in [0.29, 0.717) is 11.0 Å². The van der Waals surface area contributed by atoms with Gasteiger partial charge in [-0.25, -0.2) is 0 Å². The quantitative estimate of drug-likeness (QED) is 0.817. The zero-order valence-electron chi connectivity index (χ0n) is 9.81. The molecule has 0 spiro atoms. The molecule has 1 aliphatic heterocycles. The topological polar surface area (TPSA) is 69.6 Å². The fraction of sp³-hybridized carbons (Fsp3) is 0.333. The first-order valence-electron chi connectivity index (χ1n) is 5.50. The number of aromatic hydroxyl groups is 1. The largest absolute Gasteiger partial charge is 0.507 e. The van der Waals surface area contributed by atoms with Gasteiger partial charge in [0.05, 0.1) is 16.9 Å². The normalized spacial score (nSPS) is 19.7. The first kappa shape index (κ1) is 13.0. The van der Waals surface area contributed by atoms with Crippen LogP contribution in [0, 0.1) is 0 Å². The van der Waals surface area contributed by atoms with E-state index in [4.69, 9.17) is 0 Å². The summed E-state index contributed by atoms with van der Waals surface area (Å²) in [6, 6.07) is 4.66. The van der Waals surface area contributed by atoms with E-state index in [1.54, 1.807) is 18.2 Å². The lowest BCUT2D eigenvalue weighted by Gasteiger charge is -2.11. The molecule has 1 unspecified atom stereocenters. The zero-order chi connectivity index (χ0) is 13.3. The predicted molar refractivity (Wildman–Crippen MR) is 68.8 cm³/mol. The number of imide groups is 1. The van der Waals surface area contributed by atoms with Crippen molar-refractivity contribution < 1.29 is 14.7 Å². The highest BCUT2D eigenvalue weighted by Gasteiger charge is 2.35. The Balaban J connectivity index is 1.98. The van der Waals surface area contributed by atoms with E-state index in [1.807, 2.05) is 0 Å². The summed E-state index contributed by atoms with van der Waals surface area (Å²) in [6.45, 7) is 0.469. The Morgan fingerprint density at radius 3 is 2.78 bits per heavy atom. The van der Waals surface area contributed by atoms with Crippen LogP contribution in [0.15, 0.2) is 22.7 Å². The Morgan fingerprint density at radius 1 is 1.50 bits per heavy atom. The van der Waals surface area contributed by atoms with Crippen LogP contribution in [0.3, 0.4) is 0 Å². The third-order valence-corrected chi connectivity index (χ3v) is 3.58. The molecule has 0 aromatic heterocycles. The third kappa shape index (κ3) is 2.54. The van der Waals surface area contributed by atoms with Gasteiger partial charge >= 0.3 is 0 Å². The molecule has 1 saturated heterocycles. The molecule has 2 N–H and O–H groups in total. The number of phenols is 1. The highest BCUT2D eigenvalue weighted by atomic mass is 79.9. The molecule has 1 heterocycles. The summed E-state index contributed by atoms with van der Waals surface area (Å²) in [6.07, 6.45) is 0.203. The Morgan fingerprint density at radius 2 is 2.22 bits per heavy atom. The van der Waals surface area contributed by atoms with Crippen molar-refractivity contribution in [1.29, 1.82) is 0 Å². The molecule has 1 aromatic carbocycles. The molecule has 1 aliphatic rings. The number of carbonyl (C=O) groups is 2. The number of benzene rings is 1. The number of hydrogen-bond donors (Lipinski definition) is 2. The van der Waals surface area contributed by atoms with Gasteiger partial charge in [-0.3, -0.25) is 14.5 Å². The average molecular weight is 313 g/mol. The van der Waals surface area contributed by atoms with E-state index in [-0.39, 0.29) is 24.0 Å². The molecule has 5 nitrogen and oxygen atoms in total. The van der Waals surface area contributed by atoms with E-state index in [0.717, 1.165) is 10.5 Å². The summed E-state index contributed by atoms with van der Waals surface area (Å²) in [5, 5.41) is 12.4. The maximum absolute atomic E-state index is 11.7. The van der Waals surface area contributed by atoms with Crippen molar-refractivity contribution in [2.45, 2.75) is 19.0 Å². The minimum atomic E-state index is -0.449. The first-order chi connectivity index (χ1) is 8.49. The summed E-state index contributed by atoms with van der Waals surface area (Å²) in [4.78, 5) is 24.1.